The van der Waals surface area contributed by atoms with Gasteiger partial charge in [0.05, 0.1) is 12.6 Å². The summed E-state index contributed by atoms with van der Waals surface area (Å²) in [7, 11) is 1.75. The van der Waals surface area contributed by atoms with Gasteiger partial charge in [-0.05, 0) is 6.92 Å². The van der Waals surface area contributed by atoms with Crippen molar-refractivity contribution in [1.82, 2.24) is 9.66 Å². The van der Waals surface area contributed by atoms with Gasteiger partial charge < -0.3 is 0 Å². The van der Waals surface area contributed by atoms with Crippen molar-refractivity contribution in [2.75, 3.05) is 11.9 Å². The van der Waals surface area contributed by atoms with Gasteiger partial charge in [-0.15, -0.1) is 0 Å². The molecule has 5 nitrogen and oxygen atoms in total. The molecule has 0 spiro atoms. The van der Waals surface area contributed by atoms with Gasteiger partial charge in [0.2, 0.25) is 5.91 Å². The molecule has 19 heavy (non-hydrogen) atoms. The van der Waals surface area contributed by atoms with Crippen LogP contribution in [0.3, 0.4) is 0 Å². The molecular formula is C14H14N4O. The number of carbonyl (C=O) groups excluding carboxylic acids is 1. The number of anilines is 1. The Morgan fingerprint density at radius 2 is 1.95 bits per heavy atom. The van der Waals surface area contributed by atoms with E-state index in [0.717, 1.165) is 17.1 Å². The van der Waals surface area contributed by atoms with Crippen LogP contribution in [0.25, 0.3) is 11.4 Å². The van der Waals surface area contributed by atoms with E-state index in [1.807, 2.05) is 37.3 Å². The highest BCUT2D eigenvalue weighted by Crippen LogP contribution is 2.26. The lowest BCUT2D eigenvalue weighted by Crippen LogP contribution is -2.26. The highest BCUT2D eigenvalue weighted by atomic mass is 16.2. The van der Waals surface area contributed by atoms with Gasteiger partial charge in [0, 0.05) is 18.3 Å². The van der Waals surface area contributed by atoms with E-state index in [1.54, 1.807) is 22.8 Å². The molecule has 2 heterocycles. The number of hydrogen-bond acceptors (Lipinski definition) is 3. The third-order valence-corrected chi connectivity index (χ3v) is 3.15. The summed E-state index contributed by atoms with van der Waals surface area (Å²) in [5.74, 6) is 1.47. The lowest BCUT2D eigenvalue weighted by molar-refractivity contribution is -0.117. The van der Waals surface area contributed by atoms with Crippen LogP contribution in [0.1, 0.15) is 13.3 Å². The summed E-state index contributed by atoms with van der Waals surface area (Å²) in [6.07, 6.45) is 2.02. The van der Waals surface area contributed by atoms with Gasteiger partial charge in [0.15, 0.2) is 11.6 Å². The number of aromatic nitrogens is 2. The van der Waals surface area contributed by atoms with Crippen LogP contribution in [0.15, 0.2) is 41.6 Å². The average Bonchev–Trinajstić information content (AvgIpc) is 2.77. The summed E-state index contributed by atoms with van der Waals surface area (Å²) in [6.45, 7) is 1.86. The summed E-state index contributed by atoms with van der Waals surface area (Å²) in [5, 5.41) is 4.49. The summed E-state index contributed by atoms with van der Waals surface area (Å²) in [5.41, 5.74) is 1.76. The minimum Gasteiger partial charge on any atom is -0.298 e. The number of nitrogens with zero attached hydrogens (tertiary/aromatic N) is 4. The average molecular weight is 254 g/mol. The zero-order valence-corrected chi connectivity index (χ0v) is 10.9. The van der Waals surface area contributed by atoms with Crippen LogP contribution in [-0.4, -0.2) is 28.3 Å². The Hall–Kier alpha value is -2.43. The topological polar surface area (TPSA) is 50.5 Å². The van der Waals surface area contributed by atoms with Crippen LogP contribution >= 0.6 is 0 Å². The SMILES string of the molecule is CC1=Nn2c(cnc2-c2ccccc2)N(C)C(=O)C1. The van der Waals surface area contributed by atoms with E-state index in [-0.39, 0.29) is 5.91 Å². The molecule has 1 amide bonds. The molecule has 1 aromatic heterocycles. The molecule has 0 unspecified atom stereocenters. The lowest BCUT2D eigenvalue weighted by atomic mass is 10.2. The Bertz CT molecular complexity index is 657. The molecular weight excluding hydrogens is 240 g/mol. The number of fused-ring (bicyclic) bond motifs is 1. The molecule has 1 aromatic carbocycles. The Kier molecular flexibility index (Phi) is 2.67. The first-order valence-corrected chi connectivity index (χ1v) is 6.11. The van der Waals surface area contributed by atoms with E-state index >= 15 is 0 Å². The predicted molar refractivity (Wildman–Crippen MR) is 74.2 cm³/mol. The molecule has 0 atom stereocenters. The molecule has 0 saturated carbocycles. The Balaban J connectivity index is 2.19. The summed E-state index contributed by atoms with van der Waals surface area (Å²) < 4.78 is 1.73. The number of rotatable bonds is 1. The van der Waals surface area contributed by atoms with E-state index in [1.165, 1.54) is 0 Å². The fourth-order valence-electron chi connectivity index (χ4n) is 2.12. The van der Waals surface area contributed by atoms with Crippen LogP contribution in [-0.2, 0) is 4.79 Å². The predicted octanol–water partition coefficient (Wildman–Crippen LogP) is 2.14. The van der Waals surface area contributed by atoms with E-state index in [0.29, 0.717) is 12.2 Å². The lowest BCUT2D eigenvalue weighted by Gasteiger charge is -2.13. The fourth-order valence-corrected chi connectivity index (χ4v) is 2.12. The molecule has 1 aliphatic heterocycles. The zero-order chi connectivity index (χ0) is 13.4. The molecule has 3 rings (SSSR count). The molecule has 96 valence electrons. The van der Waals surface area contributed by atoms with Gasteiger partial charge in [-0.1, -0.05) is 30.3 Å². The number of imidazole rings is 1. The number of amides is 1. The molecule has 1 aliphatic rings. The van der Waals surface area contributed by atoms with Crippen molar-refractivity contribution in [1.29, 1.82) is 0 Å². The molecule has 0 N–H and O–H groups in total. The largest absolute Gasteiger partial charge is 0.298 e. The van der Waals surface area contributed by atoms with E-state index in [4.69, 9.17) is 0 Å². The zero-order valence-electron chi connectivity index (χ0n) is 10.9. The Labute approximate surface area is 111 Å². The smallest absolute Gasteiger partial charge is 0.233 e. The van der Waals surface area contributed by atoms with Gasteiger partial charge in [-0.3, -0.25) is 9.69 Å². The number of carbonyl (C=O) groups is 1. The van der Waals surface area contributed by atoms with Gasteiger partial charge in [-0.25, -0.2) is 4.98 Å². The first-order valence-electron chi connectivity index (χ1n) is 6.11. The minimum absolute atomic E-state index is 0.0273. The highest BCUT2D eigenvalue weighted by molar-refractivity contribution is 6.07. The fraction of sp³-hybridized carbons (Fsp3) is 0.214. The molecule has 0 saturated heterocycles. The Morgan fingerprint density at radius 3 is 2.68 bits per heavy atom. The summed E-state index contributed by atoms with van der Waals surface area (Å²) in [4.78, 5) is 17.9. The normalized spacial score (nSPS) is 14.9. The monoisotopic (exact) mass is 254 g/mol. The van der Waals surface area contributed by atoms with Crippen molar-refractivity contribution in [2.45, 2.75) is 13.3 Å². The summed E-state index contributed by atoms with van der Waals surface area (Å²) in [6, 6.07) is 9.83. The van der Waals surface area contributed by atoms with Crippen LogP contribution in [0.5, 0.6) is 0 Å². The maximum absolute atomic E-state index is 11.9. The third-order valence-electron chi connectivity index (χ3n) is 3.15. The van der Waals surface area contributed by atoms with Crippen LogP contribution in [0.4, 0.5) is 5.82 Å². The minimum atomic E-state index is 0.0273. The van der Waals surface area contributed by atoms with Crippen LogP contribution < -0.4 is 4.90 Å². The van der Waals surface area contributed by atoms with Crippen molar-refractivity contribution < 1.29 is 4.79 Å². The highest BCUT2D eigenvalue weighted by Gasteiger charge is 2.22. The third kappa shape index (κ3) is 1.93. The summed E-state index contributed by atoms with van der Waals surface area (Å²) >= 11 is 0. The quantitative estimate of drug-likeness (QED) is 0.782. The Morgan fingerprint density at radius 1 is 1.21 bits per heavy atom. The van der Waals surface area contributed by atoms with Crippen molar-refractivity contribution >= 4 is 17.4 Å². The molecule has 0 aliphatic carbocycles. The van der Waals surface area contributed by atoms with E-state index < -0.39 is 0 Å². The van der Waals surface area contributed by atoms with Crippen LogP contribution in [0, 0.1) is 0 Å². The first-order chi connectivity index (χ1) is 9.16. The maximum Gasteiger partial charge on any atom is 0.233 e. The van der Waals surface area contributed by atoms with Gasteiger partial charge >= 0.3 is 0 Å². The van der Waals surface area contributed by atoms with Crippen LogP contribution in [0.2, 0.25) is 0 Å². The second-order valence-electron chi connectivity index (χ2n) is 4.58. The second-order valence-corrected chi connectivity index (χ2v) is 4.58. The number of benzene rings is 1. The van der Waals surface area contributed by atoms with Gasteiger partial charge in [0.25, 0.3) is 0 Å². The van der Waals surface area contributed by atoms with Crippen molar-refractivity contribution in [3.63, 3.8) is 0 Å². The molecule has 0 radical (unpaired) electrons. The van der Waals surface area contributed by atoms with Crippen molar-refractivity contribution in [3.05, 3.63) is 36.5 Å². The van der Waals surface area contributed by atoms with E-state index in [2.05, 4.69) is 10.1 Å². The second kappa shape index (κ2) is 4.35. The van der Waals surface area contributed by atoms with Crippen molar-refractivity contribution in [3.8, 4) is 11.4 Å². The maximum atomic E-state index is 11.9. The van der Waals surface area contributed by atoms with Gasteiger partial charge in [0.1, 0.15) is 0 Å². The molecule has 2 aromatic rings. The van der Waals surface area contributed by atoms with Gasteiger partial charge in [-0.2, -0.15) is 9.78 Å². The molecule has 0 bridgehead atoms. The standard InChI is InChI=1S/C14H14N4O/c1-10-8-13(19)17(2)12-9-15-14(18(12)16-10)11-6-4-3-5-7-11/h3-7,9H,8H2,1-2H3. The molecule has 5 heteroatoms. The van der Waals surface area contributed by atoms with E-state index in [9.17, 15) is 4.79 Å². The first kappa shape index (κ1) is 11.6. The van der Waals surface area contributed by atoms with Crippen molar-refractivity contribution in [2.24, 2.45) is 5.10 Å². The molecule has 0 fully saturated rings. The number of hydrogen-bond donors (Lipinski definition) is 0.